The first-order valence-electron chi connectivity index (χ1n) is 6.30. The van der Waals surface area contributed by atoms with E-state index in [1.807, 2.05) is 0 Å². The second kappa shape index (κ2) is 7.71. The molecule has 0 heterocycles. The van der Waals surface area contributed by atoms with Gasteiger partial charge in [0.05, 0.1) is 6.61 Å². The van der Waals surface area contributed by atoms with Gasteiger partial charge in [0.15, 0.2) is 0 Å². The van der Waals surface area contributed by atoms with E-state index >= 15 is 0 Å². The van der Waals surface area contributed by atoms with Gasteiger partial charge in [0.2, 0.25) is 0 Å². The molecule has 0 radical (unpaired) electrons. The first kappa shape index (κ1) is 14.5. The molecule has 0 saturated heterocycles. The Kier molecular flexibility index (Phi) is 6.22. The molecule has 0 fully saturated rings. The molecule has 4 heteroatoms. The molecule has 0 spiro atoms. The molecule has 4 nitrogen and oxygen atoms in total. The van der Waals surface area contributed by atoms with Gasteiger partial charge in [-0.3, -0.25) is 4.79 Å². The van der Waals surface area contributed by atoms with Gasteiger partial charge in [0.25, 0.3) is 5.91 Å². The van der Waals surface area contributed by atoms with Crippen LogP contribution in [0.15, 0.2) is 18.2 Å². The van der Waals surface area contributed by atoms with Crippen LogP contribution in [-0.2, 0) is 4.74 Å². The number of aryl methyl sites for hydroxylation is 1. The van der Waals surface area contributed by atoms with E-state index in [2.05, 4.69) is 12.2 Å². The van der Waals surface area contributed by atoms with Gasteiger partial charge in [0.1, 0.15) is 5.75 Å². The normalized spacial score (nSPS) is 10.3. The van der Waals surface area contributed by atoms with E-state index in [4.69, 9.17) is 4.74 Å². The molecule has 1 amide bonds. The Morgan fingerprint density at radius 1 is 1.39 bits per heavy atom. The summed E-state index contributed by atoms with van der Waals surface area (Å²) < 4.78 is 5.35. The van der Waals surface area contributed by atoms with Crippen LogP contribution in [0.2, 0.25) is 0 Å². The summed E-state index contributed by atoms with van der Waals surface area (Å²) in [5.74, 6) is 0.0617. The monoisotopic (exact) mass is 251 g/mol. The number of nitrogens with one attached hydrogen (secondary N) is 1. The van der Waals surface area contributed by atoms with Crippen LogP contribution >= 0.6 is 0 Å². The van der Waals surface area contributed by atoms with Crippen molar-refractivity contribution >= 4 is 5.91 Å². The second-order valence-corrected chi connectivity index (χ2v) is 4.22. The minimum Gasteiger partial charge on any atom is -0.508 e. The zero-order valence-corrected chi connectivity index (χ0v) is 11.0. The first-order chi connectivity index (χ1) is 8.65. The van der Waals surface area contributed by atoms with Crippen LogP contribution in [0.25, 0.3) is 0 Å². The van der Waals surface area contributed by atoms with Gasteiger partial charge in [-0.05, 0) is 37.1 Å². The Morgan fingerprint density at radius 2 is 2.17 bits per heavy atom. The molecule has 1 aromatic rings. The zero-order valence-electron chi connectivity index (χ0n) is 11.0. The standard InChI is InChI=1S/C14H21NO3/c1-3-4-8-18-9-7-15-14(17)12-5-6-13(16)11(2)10-12/h5-6,10,16H,3-4,7-9H2,1-2H3,(H,15,17). The lowest BCUT2D eigenvalue weighted by molar-refractivity contribution is 0.0912. The summed E-state index contributed by atoms with van der Waals surface area (Å²) in [7, 11) is 0. The van der Waals surface area contributed by atoms with Crippen molar-refractivity contribution in [1.82, 2.24) is 5.32 Å². The molecule has 0 aliphatic rings. The number of phenolic OH excluding ortho intramolecular Hbond substituents is 1. The van der Waals surface area contributed by atoms with Gasteiger partial charge < -0.3 is 15.2 Å². The number of rotatable bonds is 7. The predicted octanol–water partition coefficient (Wildman–Crippen LogP) is 2.25. The molecule has 0 unspecified atom stereocenters. The number of unbranched alkanes of at least 4 members (excludes halogenated alkanes) is 1. The van der Waals surface area contributed by atoms with E-state index in [-0.39, 0.29) is 11.7 Å². The highest BCUT2D eigenvalue weighted by Gasteiger charge is 2.06. The number of phenols is 1. The fraction of sp³-hybridized carbons (Fsp3) is 0.500. The predicted molar refractivity (Wildman–Crippen MR) is 70.9 cm³/mol. The third-order valence-corrected chi connectivity index (χ3v) is 2.63. The number of aromatic hydroxyl groups is 1. The summed E-state index contributed by atoms with van der Waals surface area (Å²) in [5, 5.41) is 12.1. The number of hydrogen-bond donors (Lipinski definition) is 2. The van der Waals surface area contributed by atoms with Crippen LogP contribution in [0, 0.1) is 6.92 Å². The van der Waals surface area contributed by atoms with Crippen LogP contribution in [0.1, 0.15) is 35.7 Å². The average molecular weight is 251 g/mol. The topological polar surface area (TPSA) is 58.6 Å². The molecule has 0 atom stereocenters. The highest BCUT2D eigenvalue weighted by Crippen LogP contribution is 2.16. The van der Waals surface area contributed by atoms with Crippen molar-refractivity contribution in [2.24, 2.45) is 0 Å². The number of hydrogen-bond acceptors (Lipinski definition) is 3. The van der Waals surface area contributed by atoms with E-state index in [0.717, 1.165) is 19.4 Å². The van der Waals surface area contributed by atoms with Crippen LogP contribution in [0.4, 0.5) is 0 Å². The van der Waals surface area contributed by atoms with E-state index in [1.54, 1.807) is 19.1 Å². The van der Waals surface area contributed by atoms with Crippen LogP contribution in [-0.4, -0.2) is 30.8 Å². The first-order valence-corrected chi connectivity index (χ1v) is 6.30. The minimum absolute atomic E-state index is 0.141. The molecule has 0 aliphatic heterocycles. The molecule has 0 aromatic heterocycles. The van der Waals surface area contributed by atoms with Gasteiger partial charge in [-0.25, -0.2) is 0 Å². The number of benzene rings is 1. The van der Waals surface area contributed by atoms with Crippen molar-refractivity contribution in [1.29, 1.82) is 0 Å². The number of carbonyl (C=O) groups excluding carboxylic acids is 1. The molecule has 18 heavy (non-hydrogen) atoms. The van der Waals surface area contributed by atoms with E-state index < -0.39 is 0 Å². The SMILES string of the molecule is CCCCOCCNC(=O)c1ccc(O)c(C)c1. The van der Waals surface area contributed by atoms with Crippen molar-refractivity contribution in [3.05, 3.63) is 29.3 Å². The largest absolute Gasteiger partial charge is 0.508 e. The van der Waals surface area contributed by atoms with Crippen LogP contribution in [0.3, 0.4) is 0 Å². The van der Waals surface area contributed by atoms with E-state index in [1.165, 1.54) is 6.07 Å². The summed E-state index contributed by atoms with van der Waals surface area (Å²) in [5.41, 5.74) is 1.25. The third-order valence-electron chi connectivity index (χ3n) is 2.63. The molecule has 2 N–H and O–H groups in total. The number of carbonyl (C=O) groups is 1. The Morgan fingerprint density at radius 3 is 2.83 bits per heavy atom. The van der Waals surface area contributed by atoms with Gasteiger partial charge in [-0.2, -0.15) is 0 Å². The summed E-state index contributed by atoms with van der Waals surface area (Å²) >= 11 is 0. The van der Waals surface area contributed by atoms with Gasteiger partial charge in [-0.1, -0.05) is 13.3 Å². The molecule has 100 valence electrons. The van der Waals surface area contributed by atoms with E-state index in [9.17, 15) is 9.90 Å². The Hall–Kier alpha value is -1.55. The smallest absolute Gasteiger partial charge is 0.251 e. The summed E-state index contributed by atoms with van der Waals surface area (Å²) in [6, 6.07) is 4.81. The minimum atomic E-state index is -0.141. The molecule has 0 aliphatic carbocycles. The molecular weight excluding hydrogens is 230 g/mol. The highest BCUT2D eigenvalue weighted by atomic mass is 16.5. The lowest BCUT2D eigenvalue weighted by Gasteiger charge is -2.07. The summed E-state index contributed by atoms with van der Waals surface area (Å²) in [6.45, 7) is 5.65. The molecular formula is C14H21NO3. The van der Waals surface area contributed by atoms with Crippen molar-refractivity contribution in [2.45, 2.75) is 26.7 Å². The summed E-state index contributed by atoms with van der Waals surface area (Å²) in [4.78, 5) is 11.7. The van der Waals surface area contributed by atoms with E-state index in [0.29, 0.717) is 24.3 Å². The average Bonchev–Trinajstić information content (AvgIpc) is 2.36. The molecule has 1 rings (SSSR count). The second-order valence-electron chi connectivity index (χ2n) is 4.22. The zero-order chi connectivity index (χ0) is 13.4. The fourth-order valence-corrected chi connectivity index (χ4v) is 1.48. The quantitative estimate of drug-likeness (QED) is 0.731. The maximum absolute atomic E-state index is 11.7. The Bertz CT molecular complexity index is 391. The number of ether oxygens (including phenoxy) is 1. The van der Waals surface area contributed by atoms with Gasteiger partial charge in [0, 0.05) is 18.7 Å². The Labute approximate surface area is 108 Å². The summed E-state index contributed by atoms with van der Waals surface area (Å²) in [6.07, 6.45) is 2.16. The maximum atomic E-state index is 11.7. The van der Waals surface area contributed by atoms with Crippen LogP contribution in [0.5, 0.6) is 5.75 Å². The van der Waals surface area contributed by atoms with Crippen molar-refractivity contribution < 1.29 is 14.6 Å². The fourth-order valence-electron chi connectivity index (χ4n) is 1.48. The third kappa shape index (κ3) is 4.75. The van der Waals surface area contributed by atoms with Crippen molar-refractivity contribution in [2.75, 3.05) is 19.8 Å². The maximum Gasteiger partial charge on any atom is 0.251 e. The Balaban J connectivity index is 2.30. The van der Waals surface area contributed by atoms with Gasteiger partial charge in [-0.15, -0.1) is 0 Å². The lowest BCUT2D eigenvalue weighted by atomic mass is 10.1. The number of amides is 1. The molecule has 1 aromatic carbocycles. The van der Waals surface area contributed by atoms with Gasteiger partial charge >= 0.3 is 0 Å². The van der Waals surface area contributed by atoms with Crippen molar-refractivity contribution in [3.8, 4) is 5.75 Å². The van der Waals surface area contributed by atoms with Crippen LogP contribution < -0.4 is 5.32 Å². The molecule has 0 bridgehead atoms. The molecule has 0 saturated carbocycles. The lowest BCUT2D eigenvalue weighted by Crippen LogP contribution is -2.27. The van der Waals surface area contributed by atoms with Crippen molar-refractivity contribution in [3.63, 3.8) is 0 Å². The highest BCUT2D eigenvalue weighted by molar-refractivity contribution is 5.94.